The first-order valence-electron chi connectivity index (χ1n) is 6.27. The highest BCUT2D eigenvalue weighted by Crippen LogP contribution is 2.33. The molecule has 1 heterocycles. The van der Waals surface area contributed by atoms with Gasteiger partial charge in [-0.15, -0.1) is 0 Å². The van der Waals surface area contributed by atoms with E-state index in [-0.39, 0.29) is 5.79 Å². The zero-order chi connectivity index (χ0) is 12.1. The van der Waals surface area contributed by atoms with Crippen molar-refractivity contribution in [3.63, 3.8) is 0 Å². The lowest BCUT2D eigenvalue weighted by Gasteiger charge is -2.12. The minimum absolute atomic E-state index is 0.245. The molecule has 0 aliphatic carbocycles. The van der Waals surface area contributed by atoms with Gasteiger partial charge in [-0.2, -0.15) is 0 Å². The minimum Gasteiger partial charge on any atom is -0.347 e. The van der Waals surface area contributed by atoms with Gasteiger partial charge < -0.3 is 9.47 Å². The van der Waals surface area contributed by atoms with Gasteiger partial charge in [-0.3, -0.25) is 0 Å². The maximum absolute atomic E-state index is 5.81. The second-order valence-corrected chi connectivity index (χ2v) is 4.50. The van der Waals surface area contributed by atoms with Crippen molar-refractivity contribution < 1.29 is 9.47 Å². The molecule has 1 fully saturated rings. The van der Waals surface area contributed by atoms with Crippen LogP contribution in [-0.2, 0) is 15.9 Å². The number of ether oxygens (including phenoxy) is 2. The molecule has 1 aliphatic rings. The van der Waals surface area contributed by atoms with Gasteiger partial charge in [0.15, 0.2) is 5.79 Å². The summed E-state index contributed by atoms with van der Waals surface area (Å²) in [5.41, 5.74) is 2.45. The van der Waals surface area contributed by atoms with Gasteiger partial charge in [0.2, 0.25) is 0 Å². The summed E-state index contributed by atoms with van der Waals surface area (Å²) in [6.45, 7) is 7.41. The Morgan fingerprint density at radius 3 is 3.00 bits per heavy atom. The third-order valence-electron chi connectivity index (χ3n) is 3.04. The lowest BCUT2D eigenvalue weighted by atomic mass is 10.1. The van der Waals surface area contributed by atoms with Crippen molar-refractivity contribution in [1.82, 2.24) is 0 Å². The van der Waals surface area contributed by atoms with E-state index < -0.39 is 0 Å². The van der Waals surface area contributed by atoms with E-state index in [4.69, 9.17) is 9.47 Å². The molecular weight excluding hydrogens is 212 g/mol. The molecule has 0 spiro atoms. The molecule has 1 aliphatic heterocycles. The summed E-state index contributed by atoms with van der Waals surface area (Å²) >= 11 is 0. The quantitative estimate of drug-likeness (QED) is 0.672. The van der Waals surface area contributed by atoms with Crippen molar-refractivity contribution in [2.45, 2.75) is 32.0 Å². The smallest absolute Gasteiger partial charge is 0.192 e. The molecule has 0 amide bonds. The first-order chi connectivity index (χ1) is 8.28. The van der Waals surface area contributed by atoms with E-state index >= 15 is 0 Å². The topological polar surface area (TPSA) is 21.8 Å². The highest BCUT2D eigenvalue weighted by Gasteiger charge is 2.44. The van der Waals surface area contributed by atoms with E-state index in [1.165, 1.54) is 5.56 Å². The van der Waals surface area contributed by atoms with Crippen LogP contribution >= 0.6 is 0 Å². The summed E-state index contributed by atoms with van der Waals surface area (Å²) in [6, 6.07) is 8.38. The maximum atomic E-state index is 5.81. The van der Waals surface area contributed by atoms with E-state index in [1.54, 1.807) is 0 Å². The molecule has 1 unspecified atom stereocenters. The van der Waals surface area contributed by atoms with Crippen LogP contribution in [0, 0.1) is 0 Å². The van der Waals surface area contributed by atoms with E-state index in [2.05, 4.69) is 37.8 Å². The van der Waals surface area contributed by atoms with Gasteiger partial charge in [0, 0.05) is 6.42 Å². The Kier molecular flexibility index (Phi) is 3.97. The second kappa shape index (κ2) is 5.48. The van der Waals surface area contributed by atoms with E-state index in [0.29, 0.717) is 0 Å². The molecule has 2 rings (SSSR count). The Hall–Kier alpha value is -1.12. The average Bonchev–Trinajstić information content (AvgIpc) is 3.10. The van der Waals surface area contributed by atoms with Crippen LogP contribution in [0.5, 0.6) is 0 Å². The third-order valence-corrected chi connectivity index (χ3v) is 3.04. The molecule has 0 bridgehead atoms. The Labute approximate surface area is 103 Å². The Morgan fingerprint density at radius 2 is 2.35 bits per heavy atom. The highest BCUT2D eigenvalue weighted by atomic mass is 16.8. The molecule has 0 aromatic heterocycles. The summed E-state index contributed by atoms with van der Waals surface area (Å²) in [5, 5.41) is 0. The van der Waals surface area contributed by atoms with Crippen molar-refractivity contribution in [2.24, 2.45) is 0 Å². The minimum atomic E-state index is -0.245. The van der Waals surface area contributed by atoms with E-state index in [0.717, 1.165) is 38.0 Å². The molecular formula is C15H20O2. The van der Waals surface area contributed by atoms with Gasteiger partial charge in [0.05, 0.1) is 6.61 Å². The summed E-state index contributed by atoms with van der Waals surface area (Å²) in [5.74, 6) is -0.245. The highest BCUT2D eigenvalue weighted by molar-refractivity contribution is 5.47. The monoisotopic (exact) mass is 232 g/mol. The predicted octanol–water partition coefficient (Wildman–Crippen LogP) is 3.42. The molecule has 1 saturated heterocycles. The molecule has 1 atom stereocenters. The Bertz CT molecular complexity index is 380. The molecule has 2 heteroatoms. The second-order valence-electron chi connectivity index (χ2n) is 4.50. The fourth-order valence-electron chi connectivity index (χ4n) is 1.99. The predicted molar refractivity (Wildman–Crippen MR) is 69.8 cm³/mol. The molecule has 2 nitrogen and oxygen atoms in total. The van der Waals surface area contributed by atoms with Crippen molar-refractivity contribution in [2.75, 3.05) is 13.2 Å². The fourth-order valence-corrected chi connectivity index (χ4v) is 1.99. The number of benzene rings is 1. The van der Waals surface area contributed by atoms with Crippen molar-refractivity contribution in [3.8, 4) is 0 Å². The molecule has 0 saturated carbocycles. The van der Waals surface area contributed by atoms with Crippen molar-refractivity contribution in [1.29, 1.82) is 0 Å². The van der Waals surface area contributed by atoms with Gasteiger partial charge in [0.25, 0.3) is 0 Å². The largest absolute Gasteiger partial charge is 0.347 e. The molecule has 1 aromatic rings. The van der Waals surface area contributed by atoms with E-state index in [9.17, 15) is 0 Å². The summed E-state index contributed by atoms with van der Waals surface area (Å²) < 4.78 is 11.2. The van der Waals surface area contributed by atoms with Crippen LogP contribution in [0.4, 0.5) is 0 Å². The summed E-state index contributed by atoms with van der Waals surface area (Å²) in [4.78, 5) is 0. The lowest BCUT2D eigenvalue weighted by molar-refractivity contribution is -0.0476. The van der Waals surface area contributed by atoms with Crippen molar-refractivity contribution in [3.05, 3.63) is 42.0 Å². The van der Waals surface area contributed by atoms with E-state index in [1.807, 2.05) is 6.08 Å². The number of hydrogen-bond acceptors (Lipinski definition) is 2. The van der Waals surface area contributed by atoms with Gasteiger partial charge in [-0.25, -0.2) is 0 Å². The zero-order valence-corrected chi connectivity index (χ0v) is 10.4. The number of hydrogen-bond donors (Lipinski definition) is 0. The van der Waals surface area contributed by atoms with Crippen LogP contribution in [-0.4, -0.2) is 19.0 Å². The molecule has 1 aromatic carbocycles. The lowest BCUT2D eigenvalue weighted by Crippen LogP contribution is -2.17. The first-order valence-corrected chi connectivity index (χ1v) is 6.27. The van der Waals surface area contributed by atoms with Crippen LogP contribution < -0.4 is 0 Å². The normalized spacial score (nSPS) is 22.4. The zero-order valence-electron chi connectivity index (χ0n) is 10.4. The summed E-state index contributed by atoms with van der Waals surface area (Å²) in [7, 11) is 0. The van der Waals surface area contributed by atoms with Crippen LogP contribution in [0.15, 0.2) is 30.8 Å². The van der Waals surface area contributed by atoms with Gasteiger partial charge in [-0.05, 0) is 17.5 Å². The first kappa shape index (κ1) is 12.3. The van der Waals surface area contributed by atoms with Gasteiger partial charge in [-0.1, -0.05) is 50.3 Å². The van der Waals surface area contributed by atoms with Crippen molar-refractivity contribution >= 4 is 6.08 Å². The average molecular weight is 232 g/mol. The molecule has 92 valence electrons. The fraction of sp³-hybridized carbons (Fsp3) is 0.467. The van der Waals surface area contributed by atoms with Crippen LogP contribution in [0.3, 0.4) is 0 Å². The third kappa shape index (κ3) is 3.42. The SMILES string of the molecule is C=Cc1cccc(CCOC2(CCC)CO2)c1. The molecule has 17 heavy (non-hydrogen) atoms. The Morgan fingerprint density at radius 1 is 1.53 bits per heavy atom. The standard InChI is InChI=1S/C15H20O2/c1-3-9-15(12-17-15)16-10-8-14-7-5-6-13(4-2)11-14/h4-7,11H,2-3,8-10,12H2,1H3. The molecule has 0 radical (unpaired) electrons. The number of rotatable bonds is 7. The van der Waals surface area contributed by atoms with Gasteiger partial charge in [0.1, 0.15) is 6.61 Å². The van der Waals surface area contributed by atoms with Crippen LogP contribution in [0.2, 0.25) is 0 Å². The molecule has 0 N–H and O–H groups in total. The van der Waals surface area contributed by atoms with Crippen LogP contribution in [0.25, 0.3) is 6.08 Å². The van der Waals surface area contributed by atoms with Gasteiger partial charge >= 0.3 is 0 Å². The number of epoxide rings is 1. The maximum Gasteiger partial charge on any atom is 0.192 e. The summed E-state index contributed by atoms with van der Waals surface area (Å²) in [6.07, 6.45) is 4.90. The van der Waals surface area contributed by atoms with Crippen LogP contribution in [0.1, 0.15) is 30.9 Å². The Balaban J connectivity index is 1.80.